The van der Waals surface area contributed by atoms with E-state index in [1.165, 1.54) is 12.8 Å². The minimum atomic E-state index is -0.863. The van der Waals surface area contributed by atoms with Crippen LogP contribution in [0.25, 0.3) is 0 Å². The first-order chi connectivity index (χ1) is 9.60. The third-order valence-electron chi connectivity index (χ3n) is 4.59. The molecule has 3 aliphatic rings. The number of aliphatic imine (C=N–C) groups is 1. The van der Waals surface area contributed by atoms with Gasteiger partial charge in [0.1, 0.15) is 24.1 Å². The monoisotopic (exact) mass is 283 g/mol. The molecule has 2 heterocycles. The molecular formula is C14H25N3O3. The highest BCUT2D eigenvalue weighted by Gasteiger charge is 2.47. The SMILES string of the molecule is CCN(C)C1=N[C@@H]2[C@@H](O)[C@H](O)[C@@H](CNC3CC3)O[C@@H]2C1. The van der Waals surface area contributed by atoms with E-state index in [-0.39, 0.29) is 18.2 Å². The van der Waals surface area contributed by atoms with Gasteiger partial charge in [0.15, 0.2) is 0 Å². The predicted molar refractivity (Wildman–Crippen MR) is 75.8 cm³/mol. The van der Waals surface area contributed by atoms with Gasteiger partial charge in [-0.15, -0.1) is 0 Å². The van der Waals surface area contributed by atoms with E-state index < -0.39 is 12.2 Å². The van der Waals surface area contributed by atoms with Crippen LogP contribution in [0.15, 0.2) is 4.99 Å². The van der Waals surface area contributed by atoms with Gasteiger partial charge in [-0.3, -0.25) is 4.99 Å². The lowest BCUT2D eigenvalue weighted by atomic mass is 9.93. The van der Waals surface area contributed by atoms with E-state index in [4.69, 9.17) is 4.74 Å². The van der Waals surface area contributed by atoms with Gasteiger partial charge in [-0.05, 0) is 19.8 Å². The fourth-order valence-corrected chi connectivity index (χ4v) is 2.94. The van der Waals surface area contributed by atoms with Gasteiger partial charge >= 0.3 is 0 Å². The van der Waals surface area contributed by atoms with Gasteiger partial charge in [0.25, 0.3) is 0 Å². The third kappa shape index (κ3) is 2.70. The highest BCUT2D eigenvalue weighted by atomic mass is 16.5. The number of hydrogen-bond donors (Lipinski definition) is 3. The molecule has 0 bridgehead atoms. The first kappa shape index (κ1) is 14.3. The Morgan fingerprint density at radius 1 is 1.35 bits per heavy atom. The molecule has 0 unspecified atom stereocenters. The zero-order valence-corrected chi connectivity index (χ0v) is 12.2. The highest BCUT2D eigenvalue weighted by Crippen LogP contribution is 2.31. The second kappa shape index (κ2) is 5.60. The van der Waals surface area contributed by atoms with Crippen LogP contribution in [0, 0.1) is 0 Å². The summed E-state index contributed by atoms with van der Waals surface area (Å²) in [7, 11) is 1.99. The Morgan fingerprint density at radius 2 is 2.10 bits per heavy atom. The number of aliphatic hydroxyl groups is 2. The Morgan fingerprint density at radius 3 is 2.75 bits per heavy atom. The number of fused-ring (bicyclic) bond motifs is 1. The highest BCUT2D eigenvalue weighted by molar-refractivity contribution is 5.84. The molecule has 1 saturated heterocycles. The van der Waals surface area contributed by atoms with Crippen LogP contribution in [0.3, 0.4) is 0 Å². The summed E-state index contributed by atoms with van der Waals surface area (Å²) >= 11 is 0. The van der Waals surface area contributed by atoms with Gasteiger partial charge in [0.05, 0.1) is 12.2 Å². The van der Waals surface area contributed by atoms with E-state index in [0.717, 1.165) is 18.8 Å². The van der Waals surface area contributed by atoms with Crippen molar-refractivity contribution in [2.24, 2.45) is 4.99 Å². The molecule has 5 atom stereocenters. The minimum Gasteiger partial charge on any atom is -0.388 e. The first-order valence-electron chi connectivity index (χ1n) is 7.63. The largest absolute Gasteiger partial charge is 0.388 e. The predicted octanol–water partition coefficient (Wildman–Crippen LogP) is -0.650. The summed E-state index contributed by atoms with van der Waals surface area (Å²) in [6, 6.07) is 0.244. The van der Waals surface area contributed by atoms with Gasteiger partial charge in [0, 0.05) is 32.6 Å². The van der Waals surface area contributed by atoms with Crippen molar-refractivity contribution in [2.45, 2.75) is 62.7 Å². The van der Waals surface area contributed by atoms with Gasteiger partial charge in [-0.1, -0.05) is 0 Å². The molecule has 3 N–H and O–H groups in total. The number of ether oxygens (including phenoxy) is 1. The van der Waals surface area contributed by atoms with Crippen molar-refractivity contribution in [3.8, 4) is 0 Å². The fourth-order valence-electron chi connectivity index (χ4n) is 2.94. The van der Waals surface area contributed by atoms with E-state index in [2.05, 4.69) is 22.1 Å². The number of nitrogens with one attached hydrogen (secondary N) is 1. The Bertz CT molecular complexity index is 386. The van der Waals surface area contributed by atoms with Crippen LogP contribution in [0.1, 0.15) is 26.2 Å². The second-order valence-electron chi connectivity index (χ2n) is 6.13. The lowest BCUT2D eigenvalue weighted by Crippen LogP contribution is -2.58. The number of rotatable bonds is 4. The van der Waals surface area contributed by atoms with Crippen molar-refractivity contribution in [2.75, 3.05) is 20.1 Å². The van der Waals surface area contributed by atoms with Crippen LogP contribution in [0.2, 0.25) is 0 Å². The molecule has 0 aromatic heterocycles. The maximum absolute atomic E-state index is 10.3. The Labute approximate surface area is 119 Å². The van der Waals surface area contributed by atoms with Crippen LogP contribution in [0.4, 0.5) is 0 Å². The number of aliphatic hydroxyl groups excluding tert-OH is 2. The second-order valence-corrected chi connectivity index (χ2v) is 6.13. The minimum absolute atomic E-state index is 0.108. The molecule has 0 spiro atoms. The van der Waals surface area contributed by atoms with Gasteiger partial charge in [-0.2, -0.15) is 0 Å². The Hall–Kier alpha value is -0.690. The lowest BCUT2D eigenvalue weighted by Gasteiger charge is -2.39. The molecule has 1 saturated carbocycles. The number of amidine groups is 1. The Balaban J connectivity index is 1.63. The number of nitrogens with zero attached hydrogens (tertiary/aromatic N) is 2. The van der Waals surface area contributed by atoms with Crippen LogP contribution in [0.5, 0.6) is 0 Å². The van der Waals surface area contributed by atoms with Crippen molar-refractivity contribution in [1.82, 2.24) is 10.2 Å². The molecule has 0 radical (unpaired) electrons. The van der Waals surface area contributed by atoms with Gasteiger partial charge < -0.3 is 25.2 Å². The van der Waals surface area contributed by atoms with E-state index in [0.29, 0.717) is 12.6 Å². The Kier molecular flexibility index (Phi) is 3.99. The summed E-state index contributed by atoms with van der Waals surface area (Å²) in [6.45, 7) is 3.55. The molecule has 6 nitrogen and oxygen atoms in total. The summed E-state index contributed by atoms with van der Waals surface area (Å²) in [6.07, 6.45) is 0.980. The van der Waals surface area contributed by atoms with Crippen molar-refractivity contribution in [1.29, 1.82) is 0 Å². The zero-order chi connectivity index (χ0) is 14.3. The smallest absolute Gasteiger partial charge is 0.109 e. The van der Waals surface area contributed by atoms with Crippen LogP contribution in [-0.4, -0.2) is 77.6 Å². The molecule has 0 aromatic carbocycles. The molecule has 0 amide bonds. The maximum atomic E-state index is 10.3. The van der Waals surface area contributed by atoms with Crippen molar-refractivity contribution in [3.05, 3.63) is 0 Å². The first-order valence-corrected chi connectivity index (χ1v) is 7.63. The molecule has 0 aromatic rings. The summed E-state index contributed by atoms with van der Waals surface area (Å²) in [5.41, 5.74) is 0. The standard InChI is InChI=1S/C14H25N3O3/c1-3-17(2)11-6-9-12(16-11)14(19)13(18)10(20-9)7-15-8-4-5-8/h8-10,12-15,18-19H,3-7H2,1-2H3/t9-,10-,12+,13-,14-/m1/s1. The topological polar surface area (TPSA) is 77.3 Å². The number of hydrogen-bond acceptors (Lipinski definition) is 6. The summed E-state index contributed by atoms with van der Waals surface area (Å²) in [5.74, 6) is 0.963. The molecule has 6 heteroatoms. The van der Waals surface area contributed by atoms with Gasteiger partial charge in [-0.25, -0.2) is 0 Å². The third-order valence-corrected chi connectivity index (χ3v) is 4.59. The molecular weight excluding hydrogens is 258 g/mol. The normalized spacial score (nSPS) is 40.4. The molecule has 1 aliphatic carbocycles. The zero-order valence-electron chi connectivity index (χ0n) is 12.2. The lowest BCUT2D eigenvalue weighted by molar-refractivity contribution is -0.170. The summed E-state index contributed by atoms with van der Waals surface area (Å²) < 4.78 is 5.98. The summed E-state index contributed by atoms with van der Waals surface area (Å²) in [4.78, 5) is 6.61. The van der Waals surface area contributed by atoms with Gasteiger partial charge in [0.2, 0.25) is 0 Å². The van der Waals surface area contributed by atoms with Crippen molar-refractivity contribution < 1.29 is 14.9 Å². The quantitative estimate of drug-likeness (QED) is 0.639. The average molecular weight is 283 g/mol. The fraction of sp³-hybridized carbons (Fsp3) is 0.929. The van der Waals surface area contributed by atoms with Crippen LogP contribution < -0.4 is 5.32 Å². The average Bonchev–Trinajstić information content (AvgIpc) is 3.18. The van der Waals surface area contributed by atoms with E-state index in [1.807, 2.05) is 7.05 Å². The van der Waals surface area contributed by atoms with Crippen molar-refractivity contribution in [3.63, 3.8) is 0 Å². The van der Waals surface area contributed by atoms with E-state index in [1.54, 1.807) is 0 Å². The molecule has 2 aliphatic heterocycles. The van der Waals surface area contributed by atoms with E-state index in [9.17, 15) is 10.2 Å². The van der Waals surface area contributed by atoms with Crippen LogP contribution >= 0.6 is 0 Å². The maximum Gasteiger partial charge on any atom is 0.109 e. The molecule has 114 valence electrons. The summed E-state index contributed by atoms with van der Waals surface area (Å²) in [5, 5.41) is 23.8. The van der Waals surface area contributed by atoms with Crippen LogP contribution in [-0.2, 0) is 4.74 Å². The van der Waals surface area contributed by atoms with E-state index >= 15 is 0 Å². The molecule has 20 heavy (non-hydrogen) atoms. The molecule has 3 rings (SSSR count). The van der Waals surface area contributed by atoms with Crippen molar-refractivity contribution >= 4 is 5.84 Å². The molecule has 2 fully saturated rings.